The number of fused-ring (bicyclic) bond motifs is 3. The van der Waals surface area contributed by atoms with Gasteiger partial charge >= 0.3 is 0 Å². The van der Waals surface area contributed by atoms with Gasteiger partial charge in [-0.3, -0.25) is 4.57 Å². The number of hydrogen-bond donors (Lipinski definition) is 0. The normalized spacial score (nSPS) is 12.0. The first-order valence-electron chi connectivity index (χ1n) is 18.5. The van der Waals surface area contributed by atoms with Crippen LogP contribution in [-0.2, 0) is 12.8 Å². The Morgan fingerprint density at radius 2 is 1.53 bits per heavy atom. The van der Waals surface area contributed by atoms with Crippen LogP contribution in [-0.4, -0.2) is 19.3 Å². The summed E-state index contributed by atoms with van der Waals surface area (Å²) in [5, 5.41) is 7.39. The molecule has 0 unspecified atom stereocenters. The van der Waals surface area contributed by atoms with E-state index in [9.17, 15) is 0 Å². The van der Waals surface area contributed by atoms with Crippen LogP contribution in [0.5, 0.6) is 11.5 Å². The van der Waals surface area contributed by atoms with Gasteiger partial charge in [0.2, 0.25) is 0 Å². The predicted molar refractivity (Wildman–Crippen MR) is 213 cm³/mol. The molecule has 51 heavy (non-hydrogen) atoms. The number of pyridine rings is 1. The van der Waals surface area contributed by atoms with Crippen molar-refractivity contribution < 1.29 is 4.74 Å². The third-order valence-electron chi connectivity index (χ3n) is 9.78. The van der Waals surface area contributed by atoms with Gasteiger partial charge in [-0.15, -0.1) is 0 Å². The highest BCUT2D eigenvalue weighted by molar-refractivity contribution is 6.09. The molecule has 4 aromatic carbocycles. The summed E-state index contributed by atoms with van der Waals surface area (Å²) in [6.07, 6.45) is 7.73. The third-order valence-corrected chi connectivity index (χ3v) is 9.78. The fraction of sp³-hybridized carbons (Fsp3) is 0.304. The lowest BCUT2D eigenvalue weighted by atomic mass is 9.89. The van der Waals surface area contributed by atoms with Crippen LogP contribution in [0.1, 0.15) is 76.4 Å². The number of aryl methyl sites for hydroxylation is 2. The molecule has 0 bridgehead atoms. The molecule has 5 nitrogen and oxygen atoms in total. The molecule has 3 heterocycles. The van der Waals surface area contributed by atoms with E-state index >= 15 is 0 Å². The van der Waals surface area contributed by atoms with E-state index in [1.54, 1.807) is 0 Å². The average molecular weight is 675 g/mol. The van der Waals surface area contributed by atoms with Crippen LogP contribution in [0.15, 0.2) is 109 Å². The zero-order valence-corrected chi connectivity index (χ0v) is 31.2. The van der Waals surface area contributed by atoms with Crippen LogP contribution in [0.2, 0.25) is 0 Å². The Labute approximate surface area is 302 Å². The maximum absolute atomic E-state index is 6.62. The van der Waals surface area contributed by atoms with Crippen molar-refractivity contribution in [2.45, 2.75) is 80.6 Å². The zero-order valence-electron chi connectivity index (χ0n) is 31.2. The highest BCUT2D eigenvalue weighted by atomic mass is 16.5. The van der Waals surface area contributed by atoms with Crippen molar-refractivity contribution in [1.29, 1.82) is 0 Å². The number of rotatable bonds is 11. The fourth-order valence-electron chi connectivity index (χ4n) is 7.41. The minimum atomic E-state index is 0.374. The number of aromatic nitrogens is 4. The van der Waals surface area contributed by atoms with Gasteiger partial charge in [0, 0.05) is 40.4 Å². The third kappa shape index (κ3) is 7.49. The van der Waals surface area contributed by atoms with Gasteiger partial charge in [-0.1, -0.05) is 83.5 Å². The topological polar surface area (TPSA) is 44.9 Å². The number of unbranched alkanes of at least 4 members (excludes halogenated alkanes) is 1. The van der Waals surface area contributed by atoms with E-state index in [-0.39, 0.29) is 0 Å². The lowest BCUT2D eigenvalue weighted by Gasteiger charge is -2.17. The van der Waals surface area contributed by atoms with Crippen LogP contribution >= 0.6 is 0 Å². The van der Waals surface area contributed by atoms with Crippen molar-refractivity contribution in [3.63, 3.8) is 0 Å². The molecule has 0 aliphatic heterocycles. The van der Waals surface area contributed by atoms with Gasteiger partial charge in [0.15, 0.2) is 0 Å². The summed E-state index contributed by atoms with van der Waals surface area (Å²) in [4.78, 5) is 4.91. The molecule has 7 rings (SSSR count). The summed E-state index contributed by atoms with van der Waals surface area (Å²) in [6.45, 7) is 15.7. The van der Waals surface area contributed by atoms with Crippen LogP contribution in [0.25, 0.3) is 44.4 Å². The smallest absolute Gasteiger partial charge is 0.137 e. The maximum atomic E-state index is 6.62. The monoisotopic (exact) mass is 674 g/mol. The molecular formula is C46H50N4O. The Bertz CT molecular complexity index is 2300. The van der Waals surface area contributed by atoms with Gasteiger partial charge in [-0.05, 0) is 116 Å². The summed E-state index contributed by atoms with van der Waals surface area (Å²) in [5.41, 5.74) is 10.7. The summed E-state index contributed by atoms with van der Waals surface area (Å²) in [6, 6.07) is 36.5. The van der Waals surface area contributed by atoms with Gasteiger partial charge in [0.25, 0.3) is 0 Å². The SMILES string of the molecule is Cc1nn(-c2cccc(Oc3ccc4c5cc(CCCCC(C)(C)C)ccc5n(-c5cc(CC(C)C)ccn5)c4c3)c2)c(C)c1-c1ccccc1. The quantitative estimate of drug-likeness (QED) is 0.128. The minimum Gasteiger partial charge on any atom is -0.457 e. The van der Waals surface area contributed by atoms with E-state index in [1.807, 2.05) is 29.1 Å². The standard InChI is InChI=1S/C46H50N4O/c1-31(2)26-35-23-25-47-44(28-35)49-42-22-19-34(14-11-12-24-46(5,6)7)27-41(42)40-21-20-39(30-43(40)49)51-38-18-13-17-37(29-38)50-33(4)45(32(3)48-50)36-15-9-8-10-16-36/h8-10,13,15-23,25,27-31H,11-12,14,24,26H2,1-7H3. The van der Waals surface area contributed by atoms with E-state index < -0.39 is 0 Å². The maximum Gasteiger partial charge on any atom is 0.137 e. The van der Waals surface area contributed by atoms with Crippen molar-refractivity contribution in [1.82, 2.24) is 19.3 Å². The van der Waals surface area contributed by atoms with Crippen molar-refractivity contribution in [2.75, 3.05) is 0 Å². The van der Waals surface area contributed by atoms with Crippen molar-refractivity contribution in [3.05, 3.63) is 132 Å². The molecule has 260 valence electrons. The van der Waals surface area contributed by atoms with E-state index in [1.165, 1.54) is 52.3 Å². The summed E-state index contributed by atoms with van der Waals surface area (Å²) in [7, 11) is 0. The first-order chi connectivity index (χ1) is 24.5. The van der Waals surface area contributed by atoms with Crippen molar-refractivity contribution >= 4 is 21.8 Å². The number of hydrogen-bond acceptors (Lipinski definition) is 3. The highest BCUT2D eigenvalue weighted by Crippen LogP contribution is 2.37. The highest BCUT2D eigenvalue weighted by Gasteiger charge is 2.18. The van der Waals surface area contributed by atoms with Crippen LogP contribution in [0.3, 0.4) is 0 Å². The molecule has 5 heteroatoms. The molecule has 0 fully saturated rings. The Kier molecular flexibility index (Phi) is 9.56. The molecule has 0 spiro atoms. The summed E-state index contributed by atoms with van der Waals surface area (Å²) >= 11 is 0. The van der Waals surface area contributed by atoms with Gasteiger partial charge in [0.05, 0.1) is 22.4 Å². The lowest BCUT2D eigenvalue weighted by Crippen LogP contribution is -2.04. The first kappa shape index (κ1) is 34.3. The molecule has 7 aromatic rings. The second-order valence-electron chi connectivity index (χ2n) is 15.7. The number of benzene rings is 4. The minimum absolute atomic E-state index is 0.374. The zero-order chi connectivity index (χ0) is 35.7. The molecule has 0 N–H and O–H groups in total. The molecular weight excluding hydrogens is 625 g/mol. The van der Waals surface area contributed by atoms with Gasteiger partial charge in [-0.25, -0.2) is 9.67 Å². The van der Waals surface area contributed by atoms with E-state index in [0.29, 0.717) is 11.3 Å². The van der Waals surface area contributed by atoms with E-state index in [4.69, 9.17) is 14.8 Å². The summed E-state index contributed by atoms with van der Waals surface area (Å²) in [5.74, 6) is 3.04. The molecule has 0 aliphatic carbocycles. The molecule has 0 saturated heterocycles. The predicted octanol–water partition coefficient (Wildman–Crippen LogP) is 12.4. The average Bonchev–Trinajstić information content (AvgIpc) is 3.58. The first-order valence-corrected chi connectivity index (χ1v) is 18.5. The molecule has 0 amide bonds. The number of nitrogens with zero attached hydrogens (tertiary/aromatic N) is 4. The molecule has 0 atom stereocenters. The second kappa shape index (κ2) is 14.2. The van der Waals surface area contributed by atoms with Gasteiger partial charge in [0.1, 0.15) is 17.3 Å². The van der Waals surface area contributed by atoms with E-state index in [0.717, 1.165) is 58.3 Å². The Hall–Kier alpha value is -5.16. The molecule has 0 saturated carbocycles. The van der Waals surface area contributed by atoms with Gasteiger partial charge < -0.3 is 4.74 Å². The molecule has 3 aromatic heterocycles. The van der Waals surface area contributed by atoms with Crippen LogP contribution < -0.4 is 4.74 Å². The largest absolute Gasteiger partial charge is 0.457 e. The fourth-order valence-corrected chi connectivity index (χ4v) is 7.41. The summed E-state index contributed by atoms with van der Waals surface area (Å²) < 4.78 is 10.9. The lowest BCUT2D eigenvalue weighted by molar-refractivity contribution is 0.360. The van der Waals surface area contributed by atoms with Crippen molar-refractivity contribution in [3.8, 4) is 34.1 Å². The Morgan fingerprint density at radius 3 is 2.31 bits per heavy atom. The van der Waals surface area contributed by atoms with Crippen LogP contribution in [0, 0.1) is 25.2 Å². The Morgan fingerprint density at radius 1 is 0.725 bits per heavy atom. The molecule has 0 radical (unpaired) electrons. The molecule has 0 aliphatic rings. The van der Waals surface area contributed by atoms with E-state index in [2.05, 4.69) is 138 Å². The second-order valence-corrected chi connectivity index (χ2v) is 15.7. The van der Waals surface area contributed by atoms with Crippen LogP contribution in [0.4, 0.5) is 0 Å². The van der Waals surface area contributed by atoms with Gasteiger partial charge in [-0.2, -0.15) is 5.10 Å². The number of ether oxygens (including phenoxy) is 1. The Balaban J connectivity index is 1.25. The van der Waals surface area contributed by atoms with Crippen molar-refractivity contribution in [2.24, 2.45) is 11.3 Å².